The van der Waals surface area contributed by atoms with Gasteiger partial charge in [0, 0.05) is 4.47 Å². The number of nitrogens with two attached hydrogens (primary N) is 1. The summed E-state index contributed by atoms with van der Waals surface area (Å²) in [4.78, 5) is 0. The Morgan fingerprint density at radius 2 is 1.63 bits per heavy atom. The van der Waals surface area contributed by atoms with Crippen LogP contribution in [0.1, 0.15) is 25.5 Å². The molecule has 0 aliphatic carbocycles. The van der Waals surface area contributed by atoms with E-state index in [4.69, 9.17) is 15.2 Å². The topological polar surface area (TPSA) is 64.7 Å². The second kappa shape index (κ2) is 7.94. The van der Waals surface area contributed by atoms with Crippen molar-refractivity contribution in [2.45, 2.75) is 26.0 Å². The monoisotopic (exact) mass is 353 g/mol. The summed E-state index contributed by atoms with van der Waals surface area (Å²) < 4.78 is 11.2. The molecule has 0 saturated heterocycles. The molecule has 110 valence electrons. The van der Waals surface area contributed by atoms with E-state index in [9.17, 15) is 5.11 Å². The Morgan fingerprint density at radius 1 is 1.16 bits per heavy atom. The Labute approximate surface area is 128 Å². The fourth-order valence-corrected chi connectivity index (χ4v) is 2.31. The highest BCUT2D eigenvalue weighted by atomic mass is 79.9. The minimum Gasteiger partial charge on any atom is -0.493 e. The molecule has 19 heavy (non-hydrogen) atoms. The van der Waals surface area contributed by atoms with Crippen molar-refractivity contribution in [2.24, 2.45) is 11.7 Å². The van der Waals surface area contributed by atoms with Crippen LogP contribution in [0.5, 0.6) is 11.5 Å². The average molecular weight is 355 g/mol. The molecule has 0 spiro atoms. The van der Waals surface area contributed by atoms with E-state index in [2.05, 4.69) is 15.9 Å². The number of aliphatic hydroxyl groups excluding tert-OH is 1. The van der Waals surface area contributed by atoms with E-state index < -0.39 is 12.1 Å². The number of benzene rings is 1. The van der Waals surface area contributed by atoms with Crippen molar-refractivity contribution in [3.8, 4) is 11.5 Å². The Bertz CT molecular complexity index is 415. The Kier molecular flexibility index (Phi) is 7.74. The summed E-state index contributed by atoms with van der Waals surface area (Å²) in [5.74, 6) is 1.31. The predicted octanol–water partition coefficient (Wildman–Crippen LogP) is 2.90. The largest absolute Gasteiger partial charge is 0.493 e. The summed E-state index contributed by atoms with van der Waals surface area (Å²) in [6, 6.07) is 3.11. The van der Waals surface area contributed by atoms with Crippen LogP contribution in [0.15, 0.2) is 16.6 Å². The van der Waals surface area contributed by atoms with Gasteiger partial charge in [-0.3, -0.25) is 0 Å². The molecule has 0 unspecified atom stereocenters. The quantitative estimate of drug-likeness (QED) is 0.853. The molecule has 0 bridgehead atoms. The SMILES string of the molecule is COc1cc(Br)c([C@H](N)[C@H](O)C(C)C)cc1OC.Cl. The van der Waals surface area contributed by atoms with Crippen LogP contribution in [0.2, 0.25) is 0 Å². The van der Waals surface area contributed by atoms with E-state index >= 15 is 0 Å². The van der Waals surface area contributed by atoms with Crippen LogP contribution in [-0.4, -0.2) is 25.4 Å². The zero-order chi connectivity index (χ0) is 13.9. The molecule has 3 N–H and O–H groups in total. The first-order valence-electron chi connectivity index (χ1n) is 5.77. The minimum atomic E-state index is -0.612. The number of aliphatic hydroxyl groups is 1. The highest BCUT2D eigenvalue weighted by Gasteiger charge is 2.23. The van der Waals surface area contributed by atoms with Gasteiger partial charge in [-0.05, 0) is 23.6 Å². The molecule has 0 radical (unpaired) electrons. The van der Waals surface area contributed by atoms with Crippen molar-refractivity contribution < 1.29 is 14.6 Å². The van der Waals surface area contributed by atoms with Crippen molar-refractivity contribution in [2.75, 3.05) is 14.2 Å². The van der Waals surface area contributed by atoms with Gasteiger partial charge in [0.1, 0.15) is 0 Å². The van der Waals surface area contributed by atoms with Gasteiger partial charge in [0.05, 0.1) is 26.4 Å². The number of hydrogen-bond donors (Lipinski definition) is 2. The standard InChI is InChI=1S/C13H20BrNO3.ClH/c1-7(2)13(16)12(15)8-5-10(17-3)11(18-4)6-9(8)14;/h5-7,12-13,16H,15H2,1-4H3;1H/t12-,13+;/m0./s1. The fraction of sp³-hybridized carbons (Fsp3) is 0.538. The first-order valence-corrected chi connectivity index (χ1v) is 6.56. The number of hydrogen-bond acceptors (Lipinski definition) is 4. The van der Waals surface area contributed by atoms with Gasteiger partial charge < -0.3 is 20.3 Å². The van der Waals surface area contributed by atoms with Gasteiger partial charge in [-0.25, -0.2) is 0 Å². The molecule has 0 aliphatic heterocycles. The number of ether oxygens (including phenoxy) is 2. The van der Waals surface area contributed by atoms with Crippen molar-refractivity contribution in [3.63, 3.8) is 0 Å². The number of methoxy groups -OCH3 is 2. The van der Waals surface area contributed by atoms with Crippen molar-refractivity contribution >= 4 is 28.3 Å². The van der Waals surface area contributed by atoms with Crippen LogP contribution in [0.25, 0.3) is 0 Å². The van der Waals surface area contributed by atoms with E-state index in [0.29, 0.717) is 11.5 Å². The molecule has 1 aromatic carbocycles. The summed E-state index contributed by atoms with van der Waals surface area (Å²) in [5.41, 5.74) is 6.88. The Hall–Kier alpha value is -0.490. The predicted molar refractivity (Wildman–Crippen MR) is 82.3 cm³/mol. The Morgan fingerprint density at radius 3 is 2.05 bits per heavy atom. The van der Waals surface area contributed by atoms with Crippen LogP contribution in [0.3, 0.4) is 0 Å². The van der Waals surface area contributed by atoms with E-state index in [0.717, 1.165) is 10.0 Å². The molecule has 0 aliphatic rings. The molecule has 4 nitrogen and oxygen atoms in total. The molecular formula is C13H21BrClNO3. The van der Waals surface area contributed by atoms with E-state index in [1.54, 1.807) is 26.4 Å². The third kappa shape index (κ3) is 4.24. The van der Waals surface area contributed by atoms with Gasteiger partial charge in [-0.15, -0.1) is 12.4 Å². The van der Waals surface area contributed by atoms with Crippen LogP contribution in [0.4, 0.5) is 0 Å². The molecule has 0 aromatic heterocycles. The molecule has 1 aromatic rings. The van der Waals surface area contributed by atoms with Gasteiger partial charge in [0.2, 0.25) is 0 Å². The molecule has 0 fully saturated rings. The van der Waals surface area contributed by atoms with Crippen LogP contribution < -0.4 is 15.2 Å². The lowest BCUT2D eigenvalue weighted by Crippen LogP contribution is -2.30. The van der Waals surface area contributed by atoms with E-state index in [-0.39, 0.29) is 18.3 Å². The molecule has 1 rings (SSSR count). The fourth-order valence-electron chi connectivity index (χ4n) is 1.72. The third-order valence-electron chi connectivity index (χ3n) is 2.91. The maximum atomic E-state index is 10.0. The second-order valence-electron chi connectivity index (χ2n) is 4.49. The van der Waals surface area contributed by atoms with Crippen LogP contribution in [-0.2, 0) is 0 Å². The molecule has 0 amide bonds. The van der Waals surface area contributed by atoms with Crippen molar-refractivity contribution in [3.05, 3.63) is 22.2 Å². The summed E-state index contributed by atoms with van der Waals surface area (Å²) in [7, 11) is 3.15. The van der Waals surface area contributed by atoms with Crippen LogP contribution in [0, 0.1) is 5.92 Å². The lowest BCUT2D eigenvalue weighted by Gasteiger charge is -2.24. The number of halogens is 2. The first-order chi connectivity index (χ1) is 8.42. The lowest BCUT2D eigenvalue weighted by molar-refractivity contribution is 0.0976. The van der Waals surface area contributed by atoms with Crippen molar-refractivity contribution in [1.82, 2.24) is 0 Å². The molecule has 2 atom stereocenters. The minimum absolute atomic E-state index is 0. The smallest absolute Gasteiger partial charge is 0.161 e. The van der Waals surface area contributed by atoms with Gasteiger partial charge in [0.15, 0.2) is 11.5 Å². The normalized spacial score (nSPS) is 13.7. The van der Waals surface area contributed by atoms with Gasteiger partial charge in [0.25, 0.3) is 0 Å². The third-order valence-corrected chi connectivity index (χ3v) is 3.60. The Balaban J connectivity index is 0.00000324. The first kappa shape index (κ1) is 18.5. The average Bonchev–Trinajstić information content (AvgIpc) is 2.36. The molecule has 6 heteroatoms. The van der Waals surface area contributed by atoms with E-state index in [1.807, 2.05) is 13.8 Å². The van der Waals surface area contributed by atoms with Crippen LogP contribution >= 0.6 is 28.3 Å². The zero-order valence-electron chi connectivity index (χ0n) is 11.5. The molecule has 0 saturated carbocycles. The summed E-state index contributed by atoms with van der Waals surface area (Å²) >= 11 is 3.44. The molecular weight excluding hydrogens is 334 g/mol. The maximum absolute atomic E-state index is 10.0. The summed E-state index contributed by atoms with van der Waals surface area (Å²) in [5, 5.41) is 10.0. The maximum Gasteiger partial charge on any atom is 0.161 e. The van der Waals surface area contributed by atoms with Gasteiger partial charge >= 0.3 is 0 Å². The van der Waals surface area contributed by atoms with E-state index in [1.165, 1.54) is 0 Å². The second-order valence-corrected chi connectivity index (χ2v) is 5.34. The lowest BCUT2D eigenvalue weighted by atomic mass is 9.94. The highest BCUT2D eigenvalue weighted by molar-refractivity contribution is 9.10. The zero-order valence-corrected chi connectivity index (χ0v) is 13.9. The molecule has 0 heterocycles. The summed E-state index contributed by atoms with van der Waals surface area (Å²) in [6.45, 7) is 3.86. The number of rotatable bonds is 5. The summed E-state index contributed by atoms with van der Waals surface area (Å²) in [6.07, 6.45) is -0.612. The van der Waals surface area contributed by atoms with Crippen molar-refractivity contribution in [1.29, 1.82) is 0 Å². The highest BCUT2D eigenvalue weighted by Crippen LogP contribution is 2.36. The van der Waals surface area contributed by atoms with Gasteiger partial charge in [-0.2, -0.15) is 0 Å². The van der Waals surface area contributed by atoms with Gasteiger partial charge in [-0.1, -0.05) is 29.8 Å².